The number of nitrogens with zero attached hydrogens (tertiary/aromatic N) is 2. The van der Waals surface area contributed by atoms with E-state index >= 15 is 0 Å². The van der Waals surface area contributed by atoms with E-state index in [1.54, 1.807) is 6.07 Å². The van der Waals surface area contributed by atoms with Crippen LogP contribution in [0, 0.1) is 5.41 Å². The molecule has 0 aliphatic heterocycles. The van der Waals surface area contributed by atoms with Gasteiger partial charge in [-0.1, -0.05) is 6.07 Å². The molecule has 0 amide bonds. The average Bonchev–Trinajstić information content (AvgIpc) is 2.97. The van der Waals surface area contributed by atoms with Gasteiger partial charge in [0.05, 0.1) is 6.33 Å². The third-order valence-corrected chi connectivity index (χ3v) is 2.99. The number of amidine groups is 1. The minimum atomic E-state index is -1.08. The molecule has 22 heavy (non-hydrogen) atoms. The molecular weight excluding hydrogens is 286 g/mol. The second-order valence-electron chi connectivity index (χ2n) is 4.60. The number of benzene rings is 1. The first-order valence-electron chi connectivity index (χ1n) is 6.38. The number of hydrogen-bond acceptors (Lipinski definition) is 5. The van der Waals surface area contributed by atoms with Crippen LogP contribution in [0.15, 0.2) is 35.7 Å². The molecule has 0 spiro atoms. The molecule has 6 N–H and O–H groups in total. The number of aliphatic carboxylic acids is 1. The van der Waals surface area contributed by atoms with Crippen LogP contribution >= 0.6 is 0 Å². The monoisotopic (exact) mass is 301 g/mol. The summed E-state index contributed by atoms with van der Waals surface area (Å²) in [5, 5.41) is 26.3. The van der Waals surface area contributed by atoms with Gasteiger partial charge >= 0.3 is 5.97 Å². The molecule has 1 heterocycles. The van der Waals surface area contributed by atoms with Crippen molar-refractivity contribution in [2.75, 3.05) is 0 Å². The summed E-state index contributed by atoms with van der Waals surface area (Å²) in [6, 6.07) is 3.40. The molecule has 2 rings (SSSR count). The lowest BCUT2D eigenvalue weighted by Crippen LogP contribution is -2.21. The Balaban J connectivity index is 2.17. The van der Waals surface area contributed by atoms with E-state index in [0.717, 1.165) is 0 Å². The van der Waals surface area contributed by atoms with Crippen LogP contribution < -0.4 is 5.73 Å². The van der Waals surface area contributed by atoms with Gasteiger partial charge < -0.3 is 20.9 Å². The standard InChI is InChI=1S/C14H15N5O3/c15-13(16)8-1-2-9(12(20)3-8)5-18-11(14(21)22)4-10-6-17-7-19-10/h1-3,5-7,11,20H,4H2,(H3,15,16)(H,17,19)(H,21,22)/t11-/m0/s1. The first-order chi connectivity index (χ1) is 10.5. The quantitative estimate of drug-likeness (QED) is 0.389. The number of aromatic amines is 1. The molecule has 1 aromatic heterocycles. The highest BCUT2D eigenvalue weighted by atomic mass is 16.4. The van der Waals surface area contributed by atoms with Crippen molar-refractivity contribution in [1.82, 2.24) is 9.97 Å². The molecule has 2 aromatic rings. The number of rotatable bonds is 6. The molecule has 0 saturated carbocycles. The number of carbonyl (C=O) groups is 1. The topological polar surface area (TPSA) is 148 Å². The van der Waals surface area contributed by atoms with E-state index in [4.69, 9.17) is 11.1 Å². The van der Waals surface area contributed by atoms with Gasteiger partial charge in [0.25, 0.3) is 0 Å². The first-order valence-corrected chi connectivity index (χ1v) is 6.38. The predicted molar refractivity (Wildman–Crippen MR) is 80.4 cm³/mol. The van der Waals surface area contributed by atoms with E-state index in [2.05, 4.69) is 15.0 Å². The number of aromatic nitrogens is 2. The minimum absolute atomic E-state index is 0.123. The Morgan fingerprint density at radius 2 is 2.32 bits per heavy atom. The van der Waals surface area contributed by atoms with Gasteiger partial charge in [0, 0.05) is 35.7 Å². The van der Waals surface area contributed by atoms with Gasteiger partial charge in [-0.2, -0.15) is 0 Å². The molecule has 8 nitrogen and oxygen atoms in total. The summed E-state index contributed by atoms with van der Waals surface area (Å²) in [7, 11) is 0. The number of nitrogens with one attached hydrogen (secondary N) is 2. The zero-order valence-corrected chi connectivity index (χ0v) is 11.5. The zero-order chi connectivity index (χ0) is 16.1. The summed E-state index contributed by atoms with van der Waals surface area (Å²) < 4.78 is 0. The number of aliphatic imine (C=N–C) groups is 1. The second kappa shape index (κ2) is 6.53. The minimum Gasteiger partial charge on any atom is -0.507 e. The molecule has 0 radical (unpaired) electrons. The maximum Gasteiger partial charge on any atom is 0.328 e. The molecule has 1 aromatic carbocycles. The van der Waals surface area contributed by atoms with Crippen molar-refractivity contribution in [2.45, 2.75) is 12.5 Å². The number of imidazole rings is 1. The van der Waals surface area contributed by atoms with Crippen molar-refractivity contribution >= 4 is 18.0 Å². The number of nitrogens with two attached hydrogens (primary N) is 1. The number of phenols is 1. The highest BCUT2D eigenvalue weighted by Crippen LogP contribution is 2.17. The van der Waals surface area contributed by atoms with E-state index in [0.29, 0.717) is 16.8 Å². The summed E-state index contributed by atoms with van der Waals surface area (Å²) in [5.41, 5.74) is 6.70. The number of phenolic OH excluding ortho intramolecular Hbond substituents is 1. The molecule has 0 unspecified atom stereocenters. The fourth-order valence-electron chi connectivity index (χ4n) is 1.80. The number of carboxylic acids is 1. The summed E-state index contributed by atoms with van der Waals surface area (Å²) in [6.45, 7) is 0. The Morgan fingerprint density at radius 1 is 1.55 bits per heavy atom. The van der Waals surface area contributed by atoms with Gasteiger partial charge in [-0.3, -0.25) is 10.4 Å². The highest BCUT2D eigenvalue weighted by Gasteiger charge is 2.17. The number of hydrogen-bond donors (Lipinski definition) is 5. The van der Waals surface area contributed by atoms with Crippen molar-refractivity contribution < 1.29 is 15.0 Å². The Kier molecular flexibility index (Phi) is 4.52. The van der Waals surface area contributed by atoms with Gasteiger partial charge in [-0.05, 0) is 12.1 Å². The summed E-state index contributed by atoms with van der Waals surface area (Å²) >= 11 is 0. The third-order valence-electron chi connectivity index (χ3n) is 2.99. The Labute approximate surface area is 125 Å². The number of aromatic hydroxyl groups is 1. The van der Waals surface area contributed by atoms with Crippen LogP contribution in [0.5, 0.6) is 5.75 Å². The molecule has 8 heteroatoms. The molecule has 114 valence electrons. The van der Waals surface area contributed by atoms with Crippen molar-refractivity contribution in [3.8, 4) is 5.75 Å². The van der Waals surface area contributed by atoms with E-state index in [-0.39, 0.29) is 18.0 Å². The van der Waals surface area contributed by atoms with E-state index in [1.807, 2.05) is 0 Å². The maximum atomic E-state index is 11.2. The van der Waals surface area contributed by atoms with Gasteiger partial charge in [0.2, 0.25) is 0 Å². The van der Waals surface area contributed by atoms with Gasteiger partial charge in [-0.25, -0.2) is 9.78 Å². The Morgan fingerprint density at radius 3 is 2.86 bits per heavy atom. The lowest BCUT2D eigenvalue weighted by Gasteiger charge is -2.06. The fraction of sp³-hybridized carbons (Fsp3) is 0.143. The Bertz CT molecular complexity index is 709. The maximum absolute atomic E-state index is 11.2. The lowest BCUT2D eigenvalue weighted by molar-refractivity contribution is -0.138. The Hall–Kier alpha value is -3.16. The largest absolute Gasteiger partial charge is 0.507 e. The molecule has 0 fully saturated rings. The smallest absolute Gasteiger partial charge is 0.328 e. The molecule has 0 aliphatic rings. The van der Waals surface area contributed by atoms with Crippen LogP contribution in [0.1, 0.15) is 16.8 Å². The third kappa shape index (κ3) is 3.69. The van der Waals surface area contributed by atoms with Crippen molar-refractivity contribution in [3.05, 3.63) is 47.5 Å². The molecule has 0 bridgehead atoms. The zero-order valence-electron chi connectivity index (χ0n) is 11.5. The van der Waals surface area contributed by atoms with E-state index < -0.39 is 12.0 Å². The van der Waals surface area contributed by atoms with Crippen molar-refractivity contribution in [3.63, 3.8) is 0 Å². The second-order valence-corrected chi connectivity index (χ2v) is 4.60. The van der Waals surface area contributed by atoms with E-state index in [1.165, 1.54) is 30.9 Å². The van der Waals surface area contributed by atoms with Gasteiger partial charge in [0.15, 0.2) is 6.04 Å². The normalized spacial score (nSPS) is 12.4. The first kappa shape index (κ1) is 15.2. The van der Waals surface area contributed by atoms with Crippen LogP contribution in [0.4, 0.5) is 0 Å². The molecular formula is C14H15N5O3. The molecule has 1 atom stereocenters. The number of carboxylic acid groups (broad SMARTS) is 1. The van der Waals surface area contributed by atoms with Crippen LogP contribution in [0.2, 0.25) is 0 Å². The van der Waals surface area contributed by atoms with Crippen molar-refractivity contribution in [1.29, 1.82) is 5.41 Å². The summed E-state index contributed by atoms with van der Waals surface area (Å²) in [5.74, 6) is -1.37. The van der Waals surface area contributed by atoms with Crippen molar-refractivity contribution in [2.24, 2.45) is 10.7 Å². The lowest BCUT2D eigenvalue weighted by atomic mass is 10.1. The number of nitrogen functional groups attached to an aromatic ring is 1. The van der Waals surface area contributed by atoms with Crippen LogP contribution in [0.25, 0.3) is 0 Å². The van der Waals surface area contributed by atoms with Crippen LogP contribution in [-0.4, -0.2) is 44.2 Å². The number of H-pyrrole nitrogens is 1. The summed E-state index contributed by atoms with van der Waals surface area (Å²) in [6.07, 6.45) is 4.45. The fourth-order valence-corrected chi connectivity index (χ4v) is 1.80. The van der Waals surface area contributed by atoms with E-state index in [9.17, 15) is 15.0 Å². The summed E-state index contributed by atoms with van der Waals surface area (Å²) in [4.78, 5) is 21.8. The van der Waals surface area contributed by atoms with Gasteiger partial charge in [0.1, 0.15) is 11.6 Å². The highest BCUT2D eigenvalue weighted by molar-refractivity contribution is 5.96. The average molecular weight is 301 g/mol. The predicted octanol–water partition coefficient (Wildman–Crippen LogP) is 0.514. The molecule has 0 saturated heterocycles. The van der Waals surface area contributed by atoms with Crippen LogP contribution in [0.3, 0.4) is 0 Å². The SMILES string of the molecule is N=C(N)c1ccc(C=N[C@@H](Cc2cnc[nH]2)C(=O)O)c(O)c1. The van der Waals surface area contributed by atoms with Gasteiger partial charge in [-0.15, -0.1) is 0 Å². The van der Waals surface area contributed by atoms with Crippen LogP contribution in [-0.2, 0) is 11.2 Å². The molecule has 0 aliphatic carbocycles.